The summed E-state index contributed by atoms with van der Waals surface area (Å²) >= 11 is 0. The van der Waals surface area contributed by atoms with Gasteiger partial charge in [-0.2, -0.15) is 13.2 Å². The van der Waals surface area contributed by atoms with Crippen LogP contribution in [-0.4, -0.2) is 47.8 Å². The van der Waals surface area contributed by atoms with E-state index in [-0.39, 0.29) is 12.0 Å². The Morgan fingerprint density at radius 2 is 1.85 bits per heavy atom. The molecule has 1 unspecified atom stereocenters. The molecule has 5 nitrogen and oxygen atoms in total. The molecule has 116 valence electrons. The molecule has 0 aliphatic carbocycles. The first kappa shape index (κ1) is 16.6. The predicted octanol–water partition coefficient (Wildman–Crippen LogP) is 2.08. The number of carbonyl (C=O) groups excluding carboxylic acids is 1. The van der Waals surface area contributed by atoms with Gasteiger partial charge < -0.3 is 15.3 Å². The Balaban J connectivity index is 2.75. The van der Waals surface area contributed by atoms with Gasteiger partial charge in [0.15, 0.2) is 5.41 Å². The first-order valence-corrected chi connectivity index (χ1v) is 6.22. The molecule has 1 fully saturated rings. The number of likely N-dealkylation sites (tertiary alicyclic amines) is 1. The largest absolute Gasteiger partial charge is 0.481 e. The molecule has 0 aromatic rings. The van der Waals surface area contributed by atoms with Gasteiger partial charge in [-0.05, 0) is 11.8 Å². The van der Waals surface area contributed by atoms with Crippen LogP contribution < -0.4 is 5.32 Å². The Morgan fingerprint density at radius 1 is 1.30 bits per heavy atom. The summed E-state index contributed by atoms with van der Waals surface area (Å²) < 4.78 is 38.8. The first-order chi connectivity index (χ1) is 8.89. The molecule has 1 rings (SSSR count). The van der Waals surface area contributed by atoms with E-state index >= 15 is 0 Å². The lowest BCUT2D eigenvalue weighted by Crippen LogP contribution is -2.49. The van der Waals surface area contributed by atoms with Crippen LogP contribution in [-0.2, 0) is 4.79 Å². The van der Waals surface area contributed by atoms with E-state index in [1.807, 2.05) is 20.8 Å². The monoisotopic (exact) mass is 296 g/mol. The lowest BCUT2D eigenvalue weighted by Gasteiger charge is -2.27. The molecule has 0 spiro atoms. The van der Waals surface area contributed by atoms with Crippen molar-refractivity contribution in [1.82, 2.24) is 10.2 Å². The summed E-state index contributed by atoms with van der Waals surface area (Å²) in [7, 11) is 0. The van der Waals surface area contributed by atoms with Gasteiger partial charge in [0.05, 0.1) is 0 Å². The number of urea groups is 1. The molecule has 2 N–H and O–H groups in total. The number of carbonyl (C=O) groups is 2. The highest BCUT2D eigenvalue weighted by molar-refractivity contribution is 5.80. The summed E-state index contributed by atoms with van der Waals surface area (Å²) in [6, 6.07) is -0.660. The lowest BCUT2D eigenvalue weighted by atomic mass is 9.86. The molecule has 8 heteroatoms. The van der Waals surface area contributed by atoms with Crippen LogP contribution in [0.3, 0.4) is 0 Å². The SMILES string of the molecule is CC(C)(C)CNC(=O)N1CCC(C(=O)O)(C(F)(F)F)C1. The summed E-state index contributed by atoms with van der Waals surface area (Å²) in [5.74, 6) is -1.93. The number of halogens is 3. The zero-order valence-electron chi connectivity index (χ0n) is 11.7. The number of nitrogens with one attached hydrogen (secondary N) is 1. The van der Waals surface area contributed by atoms with Crippen molar-refractivity contribution in [2.24, 2.45) is 10.8 Å². The maximum absolute atomic E-state index is 12.9. The van der Waals surface area contributed by atoms with Crippen LogP contribution >= 0.6 is 0 Å². The Bertz CT molecular complexity index is 404. The molecule has 20 heavy (non-hydrogen) atoms. The highest BCUT2D eigenvalue weighted by Gasteiger charge is 2.64. The zero-order valence-corrected chi connectivity index (χ0v) is 11.7. The molecule has 0 radical (unpaired) electrons. The fourth-order valence-electron chi connectivity index (χ4n) is 1.96. The smallest absolute Gasteiger partial charge is 0.406 e. The maximum atomic E-state index is 12.9. The van der Waals surface area contributed by atoms with E-state index in [4.69, 9.17) is 5.11 Å². The minimum atomic E-state index is -4.88. The van der Waals surface area contributed by atoms with Crippen molar-refractivity contribution in [2.75, 3.05) is 19.6 Å². The van der Waals surface area contributed by atoms with Crippen molar-refractivity contribution in [3.05, 3.63) is 0 Å². The topological polar surface area (TPSA) is 69.6 Å². The van der Waals surface area contributed by atoms with Crippen molar-refractivity contribution >= 4 is 12.0 Å². The van der Waals surface area contributed by atoms with Gasteiger partial charge in [0, 0.05) is 19.6 Å². The number of carboxylic acid groups (broad SMARTS) is 1. The second kappa shape index (κ2) is 5.14. The van der Waals surface area contributed by atoms with Crippen molar-refractivity contribution in [2.45, 2.75) is 33.4 Å². The van der Waals surface area contributed by atoms with Crippen LogP contribution in [0, 0.1) is 10.8 Å². The van der Waals surface area contributed by atoms with E-state index in [9.17, 15) is 22.8 Å². The summed E-state index contributed by atoms with van der Waals surface area (Å²) in [5, 5.41) is 11.4. The number of rotatable bonds is 2. The summed E-state index contributed by atoms with van der Waals surface area (Å²) in [4.78, 5) is 23.7. The number of hydrogen-bond donors (Lipinski definition) is 2. The number of hydrogen-bond acceptors (Lipinski definition) is 2. The van der Waals surface area contributed by atoms with Crippen LogP contribution in [0.25, 0.3) is 0 Å². The Labute approximate surface area is 115 Å². The van der Waals surface area contributed by atoms with Crippen LogP contribution in [0.2, 0.25) is 0 Å². The third kappa shape index (κ3) is 3.34. The highest BCUT2D eigenvalue weighted by Crippen LogP contribution is 2.45. The van der Waals surface area contributed by atoms with E-state index in [2.05, 4.69) is 5.32 Å². The molecular weight excluding hydrogens is 277 g/mol. The summed E-state index contributed by atoms with van der Waals surface area (Å²) in [5.41, 5.74) is -3.06. The standard InChI is InChI=1S/C12H19F3N2O3/c1-10(2,3)6-16-9(20)17-5-4-11(7-17,8(18)19)12(13,14)15/h4-7H2,1-3H3,(H,16,20)(H,18,19). The third-order valence-corrected chi connectivity index (χ3v) is 3.28. The fraction of sp³-hybridized carbons (Fsp3) is 0.833. The average molecular weight is 296 g/mol. The molecule has 0 aromatic heterocycles. The number of alkyl halides is 3. The Kier molecular flexibility index (Phi) is 4.26. The number of amides is 2. The quantitative estimate of drug-likeness (QED) is 0.819. The molecule has 1 aliphatic heterocycles. The second-order valence-corrected chi connectivity index (χ2v) is 6.28. The van der Waals surface area contributed by atoms with Gasteiger partial charge in [-0.25, -0.2) is 4.79 Å². The van der Waals surface area contributed by atoms with Crippen molar-refractivity contribution in [1.29, 1.82) is 0 Å². The molecule has 0 saturated carbocycles. The minimum Gasteiger partial charge on any atom is -0.481 e. The van der Waals surface area contributed by atoms with Crippen LogP contribution in [0.5, 0.6) is 0 Å². The van der Waals surface area contributed by atoms with Gasteiger partial charge in [-0.15, -0.1) is 0 Å². The van der Waals surface area contributed by atoms with Crippen molar-refractivity contribution in [3.63, 3.8) is 0 Å². The molecule has 1 saturated heterocycles. The van der Waals surface area contributed by atoms with Crippen molar-refractivity contribution < 1.29 is 27.9 Å². The van der Waals surface area contributed by atoms with Crippen LogP contribution in [0.4, 0.5) is 18.0 Å². The maximum Gasteiger partial charge on any atom is 0.406 e. The van der Waals surface area contributed by atoms with Gasteiger partial charge >= 0.3 is 18.2 Å². The number of carboxylic acids is 1. The zero-order chi connectivity index (χ0) is 15.8. The minimum absolute atomic E-state index is 0.205. The lowest BCUT2D eigenvalue weighted by molar-refractivity contribution is -0.226. The molecule has 1 atom stereocenters. The van der Waals surface area contributed by atoms with Gasteiger partial charge in [-0.1, -0.05) is 20.8 Å². The molecule has 0 aromatic carbocycles. The average Bonchev–Trinajstić information content (AvgIpc) is 2.70. The van der Waals surface area contributed by atoms with E-state index in [1.165, 1.54) is 0 Å². The summed E-state index contributed by atoms with van der Waals surface area (Å²) in [6.07, 6.45) is -5.49. The van der Waals surface area contributed by atoms with Crippen molar-refractivity contribution in [3.8, 4) is 0 Å². The predicted molar refractivity (Wildman–Crippen MR) is 65.2 cm³/mol. The highest BCUT2D eigenvalue weighted by atomic mass is 19.4. The Hall–Kier alpha value is -1.47. The first-order valence-electron chi connectivity index (χ1n) is 6.22. The normalized spacial score (nSPS) is 23.8. The van der Waals surface area contributed by atoms with E-state index in [0.717, 1.165) is 4.90 Å². The molecular formula is C12H19F3N2O3. The number of nitrogens with zero attached hydrogens (tertiary/aromatic N) is 1. The van der Waals surface area contributed by atoms with E-state index in [1.54, 1.807) is 0 Å². The molecule has 2 amide bonds. The third-order valence-electron chi connectivity index (χ3n) is 3.28. The Morgan fingerprint density at radius 3 is 2.20 bits per heavy atom. The fourth-order valence-corrected chi connectivity index (χ4v) is 1.96. The van der Waals surface area contributed by atoms with Gasteiger partial charge in [0.2, 0.25) is 0 Å². The molecule has 1 heterocycles. The molecule has 1 aliphatic rings. The van der Waals surface area contributed by atoms with Gasteiger partial charge in [-0.3, -0.25) is 4.79 Å². The van der Waals surface area contributed by atoms with Gasteiger partial charge in [0.25, 0.3) is 0 Å². The number of aliphatic carboxylic acids is 1. The molecule has 0 bridgehead atoms. The van der Waals surface area contributed by atoms with Gasteiger partial charge in [0.1, 0.15) is 0 Å². The summed E-state index contributed by atoms with van der Waals surface area (Å²) in [6.45, 7) is 4.84. The van der Waals surface area contributed by atoms with E-state index in [0.29, 0.717) is 6.54 Å². The van der Waals surface area contributed by atoms with Crippen LogP contribution in [0.15, 0.2) is 0 Å². The van der Waals surface area contributed by atoms with Crippen LogP contribution in [0.1, 0.15) is 27.2 Å². The second-order valence-electron chi connectivity index (χ2n) is 6.28. The van der Waals surface area contributed by atoms with E-state index < -0.39 is 36.6 Å².